The molecule has 0 saturated heterocycles. The van der Waals surface area contributed by atoms with E-state index in [4.69, 9.17) is 17.3 Å². The van der Waals surface area contributed by atoms with E-state index in [-0.39, 0.29) is 10.8 Å². The Morgan fingerprint density at radius 2 is 1.80 bits per heavy atom. The minimum absolute atomic E-state index is 0.0642. The molecule has 2 heterocycles. The lowest BCUT2D eigenvalue weighted by Crippen LogP contribution is -2.08. The van der Waals surface area contributed by atoms with E-state index in [1.807, 2.05) is 12.1 Å². The van der Waals surface area contributed by atoms with Crippen LogP contribution >= 0.6 is 11.6 Å². The number of nitrogens with two attached hydrogens (primary N) is 1. The maximum absolute atomic E-state index is 12.6. The molecule has 0 fully saturated rings. The van der Waals surface area contributed by atoms with E-state index in [0.717, 1.165) is 11.6 Å². The Bertz CT molecular complexity index is 916. The van der Waals surface area contributed by atoms with Crippen LogP contribution < -0.4 is 5.73 Å². The SMILES string of the molecule is Nc1ccc(/C=C/c2ncn(-c3ncc(C(F)(F)F)cc3Cl)n2)cc1. The first kappa shape index (κ1) is 17.0. The molecule has 0 atom stereocenters. The molecule has 0 bridgehead atoms. The molecule has 0 radical (unpaired) electrons. The zero-order valence-corrected chi connectivity index (χ0v) is 13.3. The van der Waals surface area contributed by atoms with E-state index in [2.05, 4.69) is 15.1 Å². The molecule has 0 aliphatic rings. The van der Waals surface area contributed by atoms with Gasteiger partial charge in [-0.25, -0.2) is 14.6 Å². The van der Waals surface area contributed by atoms with Crippen LogP contribution in [-0.2, 0) is 6.18 Å². The zero-order chi connectivity index (χ0) is 18.0. The Labute approximate surface area is 145 Å². The Morgan fingerprint density at radius 3 is 2.44 bits per heavy atom. The first-order valence-corrected chi connectivity index (χ1v) is 7.39. The smallest absolute Gasteiger partial charge is 0.399 e. The molecule has 0 unspecified atom stereocenters. The fourth-order valence-electron chi connectivity index (χ4n) is 1.99. The first-order valence-electron chi connectivity index (χ1n) is 7.01. The van der Waals surface area contributed by atoms with Gasteiger partial charge in [-0.15, -0.1) is 5.10 Å². The van der Waals surface area contributed by atoms with Gasteiger partial charge >= 0.3 is 6.18 Å². The molecule has 1 aromatic carbocycles. The standard InChI is InChI=1S/C16H11ClF3N5/c17-13-7-11(16(18,19)20)8-22-15(13)25-9-23-14(24-25)6-3-10-1-4-12(21)5-2-10/h1-9H,21H2/b6-3+. The summed E-state index contributed by atoms with van der Waals surface area (Å²) in [6.45, 7) is 0. The molecule has 2 N–H and O–H groups in total. The predicted molar refractivity (Wildman–Crippen MR) is 88.9 cm³/mol. The maximum Gasteiger partial charge on any atom is 0.417 e. The van der Waals surface area contributed by atoms with E-state index in [1.54, 1.807) is 24.3 Å². The molecule has 0 aliphatic heterocycles. The molecule has 25 heavy (non-hydrogen) atoms. The van der Waals surface area contributed by atoms with Crippen molar-refractivity contribution >= 4 is 29.4 Å². The monoisotopic (exact) mass is 365 g/mol. The fourth-order valence-corrected chi connectivity index (χ4v) is 2.24. The Hall–Kier alpha value is -2.87. The van der Waals surface area contributed by atoms with E-state index in [1.165, 1.54) is 11.0 Å². The van der Waals surface area contributed by atoms with Crippen molar-refractivity contribution in [3.8, 4) is 5.82 Å². The Morgan fingerprint density at radius 1 is 1.08 bits per heavy atom. The van der Waals surface area contributed by atoms with Crippen LogP contribution in [0.2, 0.25) is 5.02 Å². The van der Waals surface area contributed by atoms with Gasteiger partial charge in [-0.2, -0.15) is 13.2 Å². The first-order chi connectivity index (χ1) is 11.8. The number of rotatable bonds is 3. The van der Waals surface area contributed by atoms with Crippen molar-refractivity contribution in [3.63, 3.8) is 0 Å². The van der Waals surface area contributed by atoms with E-state index < -0.39 is 11.7 Å². The van der Waals surface area contributed by atoms with Crippen LogP contribution in [0.5, 0.6) is 0 Å². The van der Waals surface area contributed by atoms with Crippen molar-refractivity contribution in [2.75, 3.05) is 5.73 Å². The van der Waals surface area contributed by atoms with Gasteiger partial charge < -0.3 is 5.73 Å². The Balaban J connectivity index is 1.83. The van der Waals surface area contributed by atoms with Gasteiger partial charge in [0.05, 0.1) is 10.6 Å². The highest BCUT2D eigenvalue weighted by atomic mass is 35.5. The van der Waals surface area contributed by atoms with Crippen molar-refractivity contribution in [1.82, 2.24) is 19.7 Å². The minimum Gasteiger partial charge on any atom is -0.399 e. The van der Waals surface area contributed by atoms with Gasteiger partial charge in [0, 0.05) is 11.9 Å². The van der Waals surface area contributed by atoms with Crippen LogP contribution in [0.4, 0.5) is 18.9 Å². The number of halogens is 4. The lowest BCUT2D eigenvalue weighted by Gasteiger charge is -2.08. The molecule has 0 aliphatic carbocycles. The second-order valence-corrected chi connectivity index (χ2v) is 5.48. The number of alkyl halides is 3. The summed E-state index contributed by atoms with van der Waals surface area (Å²) >= 11 is 5.89. The summed E-state index contributed by atoms with van der Waals surface area (Å²) in [4.78, 5) is 7.78. The highest BCUT2D eigenvalue weighted by molar-refractivity contribution is 6.32. The second-order valence-electron chi connectivity index (χ2n) is 5.07. The third-order valence-electron chi connectivity index (χ3n) is 3.24. The van der Waals surface area contributed by atoms with Gasteiger partial charge in [0.25, 0.3) is 0 Å². The van der Waals surface area contributed by atoms with E-state index in [0.29, 0.717) is 17.7 Å². The predicted octanol–water partition coefficient (Wildman–Crippen LogP) is 4.09. The van der Waals surface area contributed by atoms with Crippen molar-refractivity contribution in [2.24, 2.45) is 0 Å². The largest absolute Gasteiger partial charge is 0.417 e. The number of hydrogen-bond acceptors (Lipinski definition) is 4. The van der Waals surface area contributed by atoms with Crippen molar-refractivity contribution in [3.05, 3.63) is 64.8 Å². The normalized spacial score (nSPS) is 12.0. The molecule has 3 aromatic rings. The van der Waals surface area contributed by atoms with Gasteiger partial charge in [0.1, 0.15) is 6.33 Å². The molecular weight excluding hydrogens is 355 g/mol. The summed E-state index contributed by atoms with van der Waals surface area (Å²) in [5, 5.41) is 3.96. The maximum atomic E-state index is 12.6. The lowest BCUT2D eigenvalue weighted by atomic mass is 10.2. The average molecular weight is 366 g/mol. The highest BCUT2D eigenvalue weighted by Crippen LogP contribution is 2.31. The number of pyridine rings is 1. The number of nitrogen functional groups attached to an aromatic ring is 1. The average Bonchev–Trinajstić information content (AvgIpc) is 3.02. The third kappa shape index (κ3) is 3.97. The third-order valence-corrected chi connectivity index (χ3v) is 3.52. The van der Waals surface area contributed by atoms with E-state index in [9.17, 15) is 13.2 Å². The summed E-state index contributed by atoms with van der Waals surface area (Å²) in [6.07, 6.45) is 0.947. The van der Waals surface area contributed by atoms with Gasteiger partial charge in [-0.05, 0) is 29.8 Å². The van der Waals surface area contributed by atoms with E-state index >= 15 is 0 Å². The van der Waals surface area contributed by atoms with Crippen molar-refractivity contribution < 1.29 is 13.2 Å². The van der Waals surface area contributed by atoms with Crippen LogP contribution in [0, 0.1) is 0 Å². The van der Waals surface area contributed by atoms with Crippen LogP contribution in [0.15, 0.2) is 42.9 Å². The Kier molecular flexibility index (Phi) is 4.45. The number of benzene rings is 1. The minimum atomic E-state index is -4.51. The summed E-state index contributed by atoms with van der Waals surface area (Å²) in [6, 6.07) is 7.99. The van der Waals surface area contributed by atoms with Crippen LogP contribution in [0.3, 0.4) is 0 Å². The zero-order valence-electron chi connectivity index (χ0n) is 12.6. The van der Waals surface area contributed by atoms with Crippen LogP contribution in [-0.4, -0.2) is 19.7 Å². The summed E-state index contributed by atoms with van der Waals surface area (Å²) in [5.41, 5.74) is 6.24. The second kappa shape index (κ2) is 6.56. The molecule has 0 saturated carbocycles. The molecule has 2 aromatic heterocycles. The molecule has 128 valence electrons. The summed E-state index contributed by atoms with van der Waals surface area (Å²) in [5.74, 6) is 0.420. The van der Waals surface area contributed by atoms with Crippen molar-refractivity contribution in [1.29, 1.82) is 0 Å². The molecule has 5 nitrogen and oxygen atoms in total. The molecule has 3 rings (SSSR count). The highest BCUT2D eigenvalue weighted by Gasteiger charge is 2.31. The number of anilines is 1. The topological polar surface area (TPSA) is 69.6 Å². The number of nitrogens with zero attached hydrogens (tertiary/aromatic N) is 4. The van der Waals surface area contributed by atoms with Gasteiger partial charge in [0.15, 0.2) is 11.6 Å². The molecule has 0 spiro atoms. The van der Waals surface area contributed by atoms with Crippen LogP contribution in [0.25, 0.3) is 18.0 Å². The molecule has 0 amide bonds. The molecule has 9 heteroatoms. The van der Waals surface area contributed by atoms with Gasteiger partial charge in [-0.3, -0.25) is 0 Å². The number of hydrogen-bond donors (Lipinski definition) is 1. The summed E-state index contributed by atoms with van der Waals surface area (Å²) in [7, 11) is 0. The van der Waals surface area contributed by atoms with Crippen molar-refractivity contribution in [2.45, 2.75) is 6.18 Å². The number of aromatic nitrogens is 4. The van der Waals surface area contributed by atoms with Gasteiger partial charge in [0.2, 0.25) is 0 Å². The molecular formula is C16H11ClF3N5. The van der Waals surface area contributed by atoms with Gasteiger partial charge in [-0.1, -0.05) is 29.8 Å². The van der Waals surface area contributed by atoms with Crippen LogP contribution in [0.1, 0.15) is 17.0 Å². The fraction of sp³-hybridized carbons (Fsp3) is 0.0625. The summed E-state index contributed by atoms with van der Waals surface area (Å²) < 4.78 is 39.1. The quantitative estimate of drug-likeness (QED) is 0.710. The lowest BCUT2D eigenvalue weighted by molar-refractivity contribution is -0.137.